The van der Waals surface area contributed by atoms with Crippen molar-refractivity contribution in [2.75, 3.05) is 11.5 Å². The first-order chi connectivity index (χ1) is 9.46. The van der Waals surface area contributed by atoms with Crippen LogP contribution >= 0.6 is 12.4 Å². The van der Waals surface area contributed by atoms with Crippen LogP contribution in [0.25, 0.3) is 0 Å². The van der Waals surface area contributed by atoms with E-state index in [-0.39, 0.29) is 48.3 Å². The number of halogens is 1. The number of nitrogens with one attached hydrogen (secondary N) is 1. The van der Waals surface area contributed by atoms with Crippen molar-refractivity contribution in [3.8, 4) is 0 Å². The van der Waals surface area contributed by atoms with E-state index in [9.17, 15) is 13.2 Å². The average Bonchev–Trinajstić information content (AvgIpc) is 2.38. The topological polar surface area (TPSA) is 89.3 Å². The average molecular weight is 333 g/mol. The van der Waals surface area contributed by atoms with E-state index in [4.69, 9.17) is 5.73 Å². The largest absolute Gasteiger partial charge is 0.352 e. The van der Waals surface area contributed by atoms with E-state index in [2.05, 4.69) is 5.32 Å². The van der Waals surface area contributed by atoms with Crippen molar-refractivity contribution >= 4 is 28.2 Å². The molecule has 1 amide bonds. The van der Waals surface area contributed by atoms with Gasteiger partial charge in [0.1, 0.15) is 0 Å². The first-order valence-corrected chi connectivity index (χ1v) is 8.59. The lowest BCUT2D eigenvalue weighted by Gasteiger charge is -2.23. The fourth-order valence-electron chi connectivity index (χ4n) is 2.44. The third-order valence-electron chi connectivity index (χ3n) is 3.46. The number of hydrogen-bond donors (Lipinski definition) is 2. The summed E-state index contributed by atoms with van der Waals surface area (Å²) in [6.45, 7) is 0. The summed E-state index contributed by atoms with van der Waals surface area (Å²) >= 11 is 0. The Hall–Kier alpha value is -1.11. The second kappa shape index (κ2) is 7.77. The zero-order chi connectivity index (χ0) is 14.6. The van der Waals surface area contributed by atoms with Gasteiger partial charge in [-0.2, -0.15) is 0 Å². The van der Waals surface area contributed by atoms with Gasteiger partial charge in [-0.1, -0.05) is 30.3 Å². The molecule has 0 bridgehead atoms. The van der Waals surface area contributed by atoms with E-state index in [1.54, 1.807) is 0 Å². The Balaban J connectivity index is 0.00000220. The number of hydrogen-bond acceptors (Lipinski definition) is 4. The van der Waals surface area contributed by atoms with Gasteiger partial charge in [0.25, 0.3) is 0 Å². The van der Waals surface area contributed by atoms with E-state index in [0.717, 1.165) is 5.56 Å². The minimum atomic E-state index is -3.00. The zero-order valence-corrected chi connectivity index (χ0v) is 13.3. The number of rotatable bonds is 4. The SMILES string of the molecule is Cl.NC(CC(=O)NC1CCCS(=O)(=O)C1)c1ccccc1. The molecule has 1 heterocycles. The van der Waals surface area contributed by atoms with Crippen molar-refractivity contribution in [2.24, 2.45) is 5.73 Å². The summed E-state index contributed by atoms with van der Waals surface area (Å²) in [7, 11) is -3.00. The zero-order valence-electron chi connectivity index (χ0n) is 11.7. The van der Waals surface area contributed by atoms with E-state index in [1.807, 2.05) is 30.3 Å². The standard InChI is InChI=1S/C14H20N2O3S.ClH/c15-13(11-5-2-1-3-6-11)9-14(17)16-12-7-4-8-20(18,19)10-12;/h1-3,5-6,12-13H,4,7-10,15H2,(H,16,17);1H. The van der Waals surface area contributed by atoms with Crippen LogP contribution in [0.5, 0.6) is 0 Å². The Labute approximate surface area is 131 Å². The minimum Gasteiger partial charge on any atom is -0.352 e. The van der Waals surface area contributed by atoms with Crippen LogP contribution in [0, 0.1) is 0 Å². The summed E-state index contributed by atoms with van der Waals surface area (Å²) < 4.78 is 23.0. The van der Waals surface area contributed by atoms with Crippen LogP contribution in [-0.4, -0.2) is 31.9 Å². The smallest absolute Gasteiger partial charge is 0.222 e. The number of amides is 1. The van der Waals surface area contributed by atoms with Gasteiger partial charge >= 0.3 is 0 Å². The molecule has 1 aromatic rings. The fourth-order valence-corrected chi connectivity index (χ4v) is 4.08. The molecule has 1 saturated heterocycles. The second-order valence-corrected chi connectivity index (χ2v) is 7.47. The van der Waals surface area contributed by atoms with Gasteiger partial charge in [-0.05, 0) is 18.4 Å². The highest BCUT2D eigenvalue weighted by atomic mass is 35.5. The van der Waals surface area contributed by atoms with Crippen molar-refractivity contribution in [1.29, 1.82) is 0 Å². The van der Waals surface area contributed by atoms with Gasteiger partial charge in [0.15, 0.2) is 9.84 Å². The van der Waals surface area contributed by atoms with Crippen LogP contribution in [0.2, 0.25) is 0 Å². The summed E-state index contributed by atoms with van der Waals surface area (Å²) in [6, 6.07) is 8.76. The molecule has 0 saturated carbocycles. The summed E-state index contributed by atoms with van der Waals surface area (Å²) in [6.07, 6.45) is 1.49. The molecule has 0 radical (unpaired) electrons. The molecule has 3 N–H and O–H groups in total. The van der Waals surface area contributed by atoms with Crippen LogP contribution in [-0.2, 0) is 14.6 Å². The predicted molar refractivity (Wildman–Crippen MR) is 85.1 cm³/mol. The highest BCUT2D eigenvalue weighted by Gasteiger charge is 2.26. The Morgan fingerprint density at radius 3 is 2.62 bits per heavy atom. The lowest BCUT2D eigenvalue weighted by atomic mass is 10.0. The highest BCUT2D eigenvalue weighted by molar-refractivity contribution is 7.91. The van der Waals surface area contributed by atoms with Gasteiger partial charge in [0, 0.05) is 18.5 Å². The molecule has 21 heavy (non-hydrogen) atoms. The van der Waals surface area contributed by atoms with Gasteiger partial charge in [-0.25, -0.2) is 8.42 Å². The lowest BCUT2D eigenvalue weighted by Crippen LogP contribution is -2.43. The summed E-state index contributed by atoms with van der Waals surface area (Å²) in [5, 5.41) is 2.78. The van der Waals surface area contributed by atoms with Crippen molar-refractivity contribution < 1.29 is 13.2 Å². The molecule has 5 nitrogen and oxygen atoms in total. The highest BCUT2D eigenvalue weighted by Crippen LogP contribution is 2.15. The maximum Gasteiger partial charge on any atom is 0.222 e. The first-order valence-electron chi connectivity index (χ1n) is 6.76. The normalized spacial score (nSPS) is 21.9. The van der Waals surface area contributed by atoms with Crippen molar-refractivity contribution in [3.63, 3.8) is 0 Å². The molecule has 2 unspecified atom stereocenters. The van der Waals surface area contributed by atoms with Crippen molar-refractivity contribution in [1.82, 2.24) is 5.32 Å². The maximum absolute atomic E-state index is 11.9. The van der Waals surface area contributed by atoms with Gasteiger partial charge in [0.2, 0.25) is 5.91 Å². The predicted octanol–water partition coefficient (Wildman–Crippen LogP) is 1.19. The molecule has 0 spiro atoms. The molecule has 118 valence electrons. The Morgan fingerprint density at radius 1 is 1.33 bits per heavy atom. The third kappa shape index (κ3) is 5.65. The molecule has 1 aliphatic heterocycles. The van der Waals surface area contributed by atoms with Crippen LogP contribution in [0.4, 0.5) is 0 Å². The molecule has 2 rings (SSSR count). The molecule has 1 aromatic carbocycles. The summed E-state index contributed by atoms with van der Waals surface area (Å²) in [4.78, 5) is 11.9. The molecular formula is C14H21ClN2O3S. The lowest BCUT2D eigenvalue weighted by molar-refractivity contribution is -0.122. The van der Waals surface area contributed by atoms with E-state index >= 15 is 0 Å². The Morgan fingerprint density at radius 2 is 2.00 bits per heavy atom. The van der Waals surface area contributed by atoms with Crippen LogP contribution < -0.4 is 11.1 Å². The molecular weight excluding hydrogens is 312 g/mol. The monoisotopic (exact) mass is 332 g/mol. The molecule has 0 aromatic heterocycles. The number of sulfone groups is 1. The van der Waals surface area contributed by atoms with E-state index < -0.39 is 9.84 Å². The van der Waals surface area contributed by atoms with Crippen molar-refractivity contribution in [2.45, 2.75) is 31.3 Å². The Kier molecular flexibility index (Phi) is 6.64. The summed E-state index contributed by atoms with van der Waals surface area (Å²) in [5.74, 6) is 0.0748. The first kappa shape index (κ1) is 17.9. The third-order valence-corrected chi connectivity index (χ3v) is 5.28. The van der Waals surface area contributed by atoms with Gasteiger partial charge in [-0.3, -0.25) is 4.79 Å². The minimum absolute atomic E-state index is 0. The molecule has 0 aliphatic carbocycles. The number of carbonyl (C=O) groups is 1. The maximum atomic E-state index is 11.9. The van der Waals surface area contributed by atoms with Crippen LogP contribution in [0.15, 0.2) is 30.3 Å². The number of benzene rings is 1. The van der Waals surface area contributed by atoms with Gasteiger partial charge in [0.05, 0.1) is 11.5 Å². The summed E-state index contributed by atoms with van der Waals surface area (Å²) in [5.41, 5.74) is 6.88. The van der Waals surface area contributed by atoms with E-state index in [1.165, 1.54) is 0 Å². The number of nitrogens with two attached hydrogens (primary N) is 1. The van der Waals surface area contributed by atoms with Crippen molar-refractivity contribution in [3.05, 3.63) is 35.9 Å². The van der Waals surface area contributed by atoms with Gasteiger partial charge in [-0.15, -0.1) is 12.4 Å². The van der Waals surface area contributed by atoms with E-state index in [0.29, 0.717) is 12.8 Å². The molecule has 1 aliphatic rings. The molecule has 7 heteroatoms. The number of carbonyl (C=O) groups excluding carboxylic acids is 1. The fraction of sp³-hybridized carbons (Fsp3) is 0.500. The van der Waals surface area contributed by atoms with Gasteiger partial charge < -0.3 is 11.1 Å². The second-order valence-electron chi connectivity index (χ2n) is 5.24. The molecule has 1 fully saturated rings. The van der Waals surface area contributed by atoms with Crippen LogP contribution in [0.3, 0.4) is 0 Å². The van der Waals surface area contributed by atoms with Crippen LogP contribution in [0.1, 0.15) is 30.9 Å². The Bertz CT molecular complexity index is 563. The quantitative estimate of drug-likeness (QED) is 0.866. The molecule has 2 atom stereocenters.